The molecule has 1 unspecified atom stereocenters. The van der Waals surface area contributed by atoms with Gasteiger partial charge in [0.05, 0.1) is 22.6 Å². The topological polar surface area (TPSA) is 59.0 Å². The summed E-state index contributed by atoms with van der Waals surface area (Å²) in [6, 6.07) is 17.8. The minimum absolute atomic E-state index is 0.0858. The molecule has 3 aromatic rings. The van der Waals surface area contributed by atoms with Crippen molar-refractivity contribution in [3.05, 3.63) is 71.4 Å². The van der Waals surface area contributed by atoms with E-state index in [1.54, 1.807) is 7.05 Å². The summed E-state index contributed by atoms with van der Waals surface area (Å²) >= 11 is 0. The molecule has 1 aliphatic rings. The van der Waals surface area contributed by atoms with Crippen molar-refractivity contribution in [3.8, 4) is 0 Å². The van der Waals surface area contributed by atoms with Crippen LogP contribution in [0.15, 0.2) is 65.9 Å². The molecule has 0 spiro atoms. The molecule has 0 saturated carbocycles. The number of carbonyl (C=O) groups excluding carboxylic acids is 1. The third kappa shape index (κ3) is 2.09. The van der Waals surface area contributed by atoms with Crippen molar-refractivity contribution >= 4 is 22.9 Å². The van der Waals surface area contributed by atoms with Crippen molar-refractivity contribution in [2.75, 3.05) is 12.4 Å². The van der Waals surface area contributed by atoms with Crippen LogP contribution in [0.3, 0.4) is 0 Å². The summed E-state index contributed by atoms with van der Waals surface area (Å²) in [7, 11) is 1.66. The van der Waals surface area contributed by atoms with Crippen LogP contribution < -0.4 is 10.6 Å². The van der Waals surface area contributed by atoms with Gasteiger partial charge in [-0.15, -0.1) is 0 Å². The van der Waals surface area contributed by atoms with Crippen LogP contribution in [0.2, 0.25) is 0 Å². The van der Waals surface area contributed by atoms with Crippen LogP contribution in [0.4, 0.5) is 5.95 Å². The Labute approximate surface area is 140 Å². The normalized spacial score (nSPS) is 16.7. The molecule has 120 valence electrons. The third-order valence-electron chi connectivity index (χ3n) is 4.42. The van der Waals surface area contributed by atoms with Crippen molar-refractivity contribution in [2.45, 2.75) is 13.0 Å². The number of allylic oxidation sites excluding steroid dienone is 1. The average molecular weight is 318 g/mol. The first kappa shape index (κ1) is 14.5. The molecule has 1 atom stereocenters. The Hall–Kier alpha value is -3.08. The third-order valence-corrected chi connectivity index (χ3v) is 4.42. The van der Waals surface area contributed by atoms with Gasteiger partial charge in [0.1, 0.15) is 0 Å². The van der Waals surface area contributed by atoms with Gasteiger partial charge in [0.2, 0.25) is 5.95 Å². The molecule has 1 aliphatic heterocycles. The number of benzene rings is 2. The molecule has 5 nitrogen and oxygen atoms in total. The zero-order chi connectivity index (χ0) is 16.7. The van der Waals surface area contributed by atoms with Crippen LogP contribution in [0, 0.1) is 0 Å². The minimum atomic E-state index is -0.213. The Morgan fingerprint density at radius 2 is 1.83 bits per heavy atom. The molecule has 1 aromatic heterocycles. The molecule has 2 heterocycles. The molecular formula is C19H18N4O. The smallest absolute Gasteiger partial charge is 0.251 e. The number of imidazole rings is 1. The quantitative estimate of drug-likeness (QED) is 0.763. The van der Waals surface area contributed by atoms with Crippen LogP contribution in [-0.4, -0.2) is 22.5 Å². The van der Waals surface area contributed by atoms with Crippen molar-refractivity contribution < 1.29 is 4.79 Å². The van der Waals surface area contributed by atoms with Gasteiger partial charge in [0.15, 0.2) is 0 Å². The van der Waals surface area contributed by atoms with E-state index in [0.29, 0.717) is 5.57 Å². The molecule has 2 aromatic carbocycles. The predicted molar refractivity (Wildman–Crippen MR) is 94.7 cm³/mol. The summed E-state index contributed by atoms with van der Waals surface area (Å²) in [6.07, 6.45) is 0. The SMILES string of the molecule is CNC(=O)C1=C(C)Nc2nc3ccccc3n2C1c1ccccc1. The predicted octanol–water partition coefficient (Wildman–Crippen LogP) is 3.07. The maximum absolute atomic E-state index is 12.6. The molecule has 0 radical (unpaired) electrons. The van der Waals surface area contributed by atoms with Crippen molar-refractivity contribution in [1.82, 2.24) is 14.9 Å². The van der Waals surface area contributed by atoms with Crippen LogP contribution >= 0.6 is 0 Å². The fourth-order valence-corrected chi connectivity index (χ4v) is 3.34. The van der Waals surface area contributed by atoms with Gasteiger partial charge in [-0.1, -0.05) is 42.5 Å². The van der Waals surface area contributed by atoms with Gasteiger partial charge in [0.25, 0.3) is 5.91 Å². The van der Waals surface area contributed by atoms with E-state index in [0.717, 1.165) is 28.2 Å². The number of hydrogen-bond donors (Lipinski definition) is 2. The van der Waals surface area contributed by atoms with E-state index in [2.05, 4.69) is 20.2 Å². The summed E-state index contributed by atoms with van der Waals surface area (Å²) in [6.45, 7) is 1.92. The molecular weight excluding hydrogens is 300 g/mol. The molecule has 0 bridgehead atoms. The Kier molecular flexibility index (Phi) is 3.34. The number of carbonyl (C=O) groups is 1. The van der Waals surface area contributed by atoms with E-state index in [1.807, 2.05) is 61.5 Å². The fourth-order valence-electron chi connectivity index (χ4n) is 3.34. The van der Waals surface area contributed by atoms with E-state index in [1.165, 1.54) is 0 Å². The van der Waals surface area contributed by atoms with Crippen molar-refractivity contribution in [3.63, 3.8) is 0 Å². The van der Waals surface area contributed by atoms with E-state index >= 15 is 0 Å². The number of para-hydroxylation sites is 2. The number of nitrogens with zero attached hydrogens (tertiary/aromatic N) is 2. The van der Waals surface area contributed by atoms with Gasteiger partial charge >= 0.3 is 0 Å². The first-order valence-corrected chi connectivity index (χ1v) is 7.92. The van der Waals surface area contributed by atoms with Gasteiger partial charge < -0.3 is 10.6 Å². The van der Waals surface area contributed by atoms with E-state index in [4.69, 9.17) is 0 Å². The lowest BCUT2D eigenvalue weighted by Gasteiger charge is -2.30. The highest BCUT2D eigenvalue weighted by Gasteiger charge is 2.33. The summed E-state index contributed by atoms with van der Waals surface area (Å²) in [5.41, 5.74) is 4.50. The number of nitrogens with one attached hydrogen (secondary N) is 2. The van der Waals surface area contributed by atoms with E-state index < -0.39 is 0 Å². The highest BCUT2D eigenvalue weighted by atomic mass is 16.1. The number of fused-ring (bicyclic) bond motifs is 3. The summed E-state index contributed by atoms with van der Waals surface area (Å²) in [4.78, 5) is 17.3. The first-order valence-electron chi connectivity index (χ1n) is 7.92. The molecule has 24 heavy (non-hydrogen) atoms. The Balaban J connectivity index is 2.02. The van der Waals surface area contributed by atoms with Gasteiger partial charge in [-0.3, -0.25) is 9.36 Å². The van der Waals surface area contributed by atoms with Crippen molar-refractivity contribution in [2.24, 2.45) is 0 Å². The number of anilines is 1. The second-order valence-electron chi connectivity index (χ2n) is 5.85. The highest BCUT2D eigenvalue weighted by Crippen LogP contribution is 2.38. The van der Waals surface area contributed by atoms with Crippen LogP contribution in [0.5, 0.6) is 0 Å². The Morgan fingerprint density at radius 3 is 2.58 bits per heavy atom. The van der Waals surface area contributed by atoms with Gasteiger partial charge in [-0.2, -0.15) is 0 Å². The number of hydrogen-bond acceptors (Lipinski definition) is 3. The maximum atomic E-state index is 12.6. The largest absolute Gasteiger partial charge is 0.355 e. The number of likely N-dealkylation sites (N-methyl/N-ethyl adjacent to an activating group) is 1. The number of aromatic nitrogens is 2. The minimum Gasteiger partial charge on any atom is -0.355 e. The number of rotatable bonds is 2. The molecule has 2 N–H and O–H groups in total. The summed E-state index contributed by atoms with van der Waals surface area (Å²) in [5.74, 6) is 0.674. The van der Waals surface area contributed by atoms with Crippen LogP contribution in [0.25, 0.3) is 11.0 Å². The maximum Gasteiger partial charge on any atom is 0.251 e. The average Bonchev–Trinajstić information content (AvgIpc) is 2.98. The molecule has 1 amide bonds. The van der Waals surface area contributed by atoms with E-state index in [9.17, 15) is 4.79 Å². The monoisotopic (exact) mass is 318 g/mol. The summed E-state index contributed by atoms with van der Waals surface area (Å²) in [5, 5.41) is 6.05. The lowest BCUT2D eigenvalue weighted by molar-refractivity contribution is -0.117. The van der Waals surface area contributed by atoms with Gasteiger partial charge in [0, 0.05) is 12.7 Å². The second kappa shape index (κ2) is 5.53. The van der Waals surface area contributed by atoms with Crippen LogP contribution in [-0.2, 0) is 4.79 Å². The Bertz CT molecular complexity index is 956. The highest BCUT2D eigenvalue weighted by molar-refractivity contribution is 5.97. The second-order valence-corrected chi connectivity index (χ2v) is 5.85. The lowest BCUT2D eigenvalue weighted by Crippen LogP contribution is -2.32. The molecule has 5 heteroatoms. The standard InChI is InChI=1S/C19H18N4O/c1-12-16(18(24)20-2)17(13-8-4-3-5-9-13)23-15-11-7-6-10-14(15)22-19(23)21-12/h3-11,17H,1-2H3,(H,20,24)(H,21,22). The van der Waals surface area contributed by atoms with E-state index in [-0.39, 0.29) is 11.9 Å². The molecule has 4 rings (SSSR count). The first-order chi connectivity index (χ1) is 11.7. The Morgan fingerprint density at radius 1 is 1.12 bits per heavy atom. The fraction of sp³-hybridized carbons (Fsp3) is 0.158. The van der Waals surface area contributed by atoms with Crippen LogP contribution in [0.1, 0.15) is 18.5 Å². The lowest BCUT2D eigenvalue weighted by atomic mass is 9.94. The molecule has 0 fully saturated rings. The summed E-state index contributed by atoms with van der Waals surface area (Å²) < 4.78 is 2.10. The van der Waals surface area contributed by atoms with Gasteiger partial charge in [-0.25, -0.2) is 4.98 Å². The van der Waals surface area contributed by atoms with Gasteiger partial charge in [-0.05, 0) is 24.6 Å². The van der Waals surface area contributed by atoms with Crippen molar-refractivity contribution in [1.29, 1.82) is 0 Å². The molecule has 0 aliphatic carbocycles. The number of amides is 1. The zero-order valence-electron chi connectivity index (χ0n) is 13.6. The molecule has 0 saturated heterocycles. The zero-order valence-corrected chi connectivity index (χ0v) is 13.6.